The number of likely N-dealkylation sites (N-methyl/N-ethyl adjacent to an activating group) is 1. The molecule has 1 N–H and O–H groups in total. The summed E-state index contributed by atoms with van der Waals surface area (Å²) in [5.74, 6) is 0.486. The maximum absolute atomic E-state index is 13.0. The molecule has 3 aromatic rings. The first-order valence-electron chi connectivity index (χ1n) is 10.6. The highest BCUT2D eigenvalue weighted by molar-refractivity contribution is 6.00. The molecular formula is C25H30N4O3. The zero-order chi connectivity index (χ0) is 23.3. The fraction of sp³-hybridized carbons (Fsp3) is 0.320. The van der Waals surface area contributed by atoms with Crippen molar-refractivity contribution in [1.82, 2.24) is 14.7 Å². The van der Waals surface area contributed by atoms with E-state index < -0.39 is 0 Å². The first-order valence-corrected chi connectivity index (χ1v) is 10.6. The van der Waals surface area contributed by atoms with Crippen molar-refractivity contribution in [3.05, 3.63) is 71.9 Å². The van der Waals surface area contributed by atoms with E-state index in [1.807, 2.05) is 43.3 Å². The van der Waals surface area contributed by atoms with Gasteiger partial charge in [-0.1, -0.05) is 51.1 Å². The Hall–Kier alpha value is -3.61. The molecule has 32 heavy (non-hydrogen) atoms. The van der Waals surface area contributed by atoms with E-state index in [0.29, 0.717) is 23.7 Å². The standard InChI is InChI=1S/C25H30N4O3/c1-6-28(24(31)19-14-10-11-15-20(19)32-5)17-23(30)26-22-16-21(25(2,3)4)27-29(22)18-12-8-7-9-13-18/h7-16H,6,17H2,1-5H3,(H,26,30). The SMILES string of the molecule is CCN(CC(=O)Nc1cc(C(C)(C)C)nn1-c1ccccc1)C(=O)c1ccccc1OC. The summed E-state index contributed by atoms with van der Waals surface area (Å²) in [6, 6.07) is 18.5. The van der Waals surface area contributed by atoms with Crippen LogP contribution in [0, 0.1) is 0 Å². The van der Waals surface area contributed by atoms with Crippen LogP contribution in [0.4, 0.5) is 5.82 Å². The molecule has 0 aliphatic carbocycles. The van der Waals surface area contributed by atoms with Crippen molar-refractivity contribution in [3.63, 3.8) is 0 Å². The van der Waals surface area contributed by atoms with E-state index in [4.69, 9.17) is 9.84 Å². The maximum atomic E-state index is 13.0. The summed E-state index contributed by atoms with van der Waals surface area (Å²) >= 11 is 0. The summed E-state index contributed by atoms with van der Waals surface area (Å²) in [6.07, 6.45) is 0. The van der Waals surface area contributed by atoms with Crippen molar-refractivity contribution in [2.45, 2.75) is 33.1 Å². The minimum atomic E-state index is -0.298. The molecule has 2 aromatic carbocycles. The second-order valence-corrected chi connectivity index (χ2v) is 8.48. The first-order chi connectivity index (χ1) is 15.2. The van der Waals surface area contributed by atoms with Gasteiger partial charge in [0.2, 0.25) is 5.91 Å². The highest BCUT2D eigenvalue weighted by Crippen LogP contribution is 2.26. The minimum Gasteiger partial charge on any atom is -0.496 e. The minimum absolute atomic E-state index is 0.0851. The van der Waals surface area contributed by atoms with Crippen LogP contribution in [0.25, 0.3) is 5.69 Å². The number of hydrogen-bond donors (Lipinski definition) is 1. The Balaban J connectivity index is 1.83. The average Bonchev–Trinajstić information content (AvgIpc) is 3.21. The number of aromatic nitrogens is 2. The molecule has 0 bridgehead atoms. The monoisotopic (exact) mass is 434 g/mol. The number of methoxy groups -OCH3 is 1. The number of rotatable bonds is 7. The number of amides is 2. The van der Waals surface area contributed by atoms with Crippen LogP contribution in [0.1, 0.15) is 43.7 Å². The number of nitrogens with one attached hydrogen (secondary N) is 1. The number of benzene rings is 2. The highest BCUT2D eigenvalue weighted by atomic mass is 16.5. The average molecular weight is 435 g/mol. The molecule has 0 aliphatic rings. The third kappa shape index (κ3) is 5.17. The molecule has 0 spiro atoms. The lowest BCUT2D eigenvalue weighted by Gasteiger charge is -2.21. The smallest absolute Gasteiger partial charge is 0.258 e. The van der Waals surface area contributed by atoms with E-state index in [9.17, 15) is 9.59 Å². The van der Waals surface area contributed by atoms with E-state index in [0.717, 1.165) is 11.4 Å². The van der Waals surface area contributed by atoms with Crippen LogP contribution in [-0.4, -0.2) is 46.7 Å². The van der Waals surface area contributed by atoms with Crippen molar-refractivity contribution in [2.24, 2.45) is 0 Å². The van der Waals surface area contributed by atoms with Gasteiger partial charge in [0, 0.05) is 18.0 Å². The van der Waals surface area contributed by atoms with Crippen molar-refractivity contribution in [2.75, 3.05) is 25.5 Å². The van der Waals surface area contributed by atoms with E-state index in [-0.39, 0.29) is 23.8 Å². The summed E-state index contributed by atoms with van der Waals surface area (Å²) in [6.45, 7) is 8.35. The molecule has 1 aromatic heterocycles. The Morgan fingerprint density at radius 3 is 2.34 bits per heavy atom. The summed E-state index contributed by atoms with van der Waals surface area (Å²) in [5, 5.41) is 7.65. The Labute approximate surface area is 189 Å². The van der Waals surface area contributed by atoms with Crippen molar-refractivity contribution in [1.29, 1.82) is 0 Å². The van der Waals surface area contributed by atoms with E-state index in [1.54, 1.807) is 28.9 Å². The summed E-state index contributed by atoms with van der Waals surface area (Å²) in [5.41, 5.74) is 1.94. The number of anilines is 1. The van der Waals surface area contributed by atoms with Crippen LogP contribution < -0.4 is 10.1 Å². The van der Waals surface area contributed by atoms with E-state index in [2.05, 4.69) is 26.1 Å². The third-order valence-corrected chi connectivity index (χ3v) is 5.09. The molecule has 1 heterocycles. The highest BCUT2D eigenvalue weighted by Gasteiger charge is 2.24. The predicted molar refractivity (Wildman–Crippen MR) is 125 cm³/mol. The Morgan fingerprint density at radius 1 is 1.06 bits per heavy atom. The number of carbonyl (C=O) groups is 2. The summed E-state index contributed by atoms with van der Waals surface area (Å²) < 4.78 is 7.02. The number of ether oxygens (including phenoxy) is 1. The van der Waals surface area contributed by atoms with Gasteiger partial charge >= 0.3 is 0 Å². The van der Waals surface area contributed by atoms with Crippen molar-refractivity contribution < 1.29 is 14.3 Å². The molecule has 0 radical (unpaired) electrons. The van der Waals surface area contributed by atoms with Gasteiger partial charge in [-0.2, -0.15) is 5.10 Å². The van der Waals surface area contributed by atoms with Gasteiger partial charge in [-0.25, -0.2) is 4.68 Å². The number of carbonyl (C=O) groups excluding carboxylic acids is 2. The third-order valence-electron chi connectivity index (χ3n) is 5.09. The van der Waals surface area contributed by atoms with Crippen LogP contribution >= 0.6 is 0 Å². The molecule has 168 valence electrons. The molecule has 2 amide bonds. The number of para-hydroxylation sites is 2. The van der Waals surface area contributed by atoms with E-state index in [1.165, 1.54) is 12.0 Å². The maximum Gasteiger partial charge on any atom is 0.258 e. The van der Waals surface area contributed by atoms with Gasteiger partial charge < -0.3 is 15.0 Å². The van der Waals surface area contributed by atoms with Crippen LogP contribution in [0.3, 0.4) is 0 Å². The topological polar surface area (TPSA) is 76.5 Å². The first kappa shape index (κ1) is 23.1. The van der Waals surface area contributed by atoms with Crippen LogP contribution in [-0.2, 0) is 10.2 Å². The van der Waals surface area contributed by atoms with Crippen LogP contribution in [0.5, 0.6) is 5.75 Å². The molecule has 0 unspecified atom stereocenters. The lowest BCUT2D eigenvalue weighted by atomic mass is 9.92. The molecule has 7 heteroatoms. The fourth-order valence-electron chi connectivity index (χ4n) is 3.28. The summed E-state index contributed by atoms with van der Waals surface area (Å²) in [7, 11) is 1.52. The predicted octanol–water partition coefficient (Wildman–Crippen LogP) is 4.28. The lowest BCUT2D eigenvalue weighted by molar-refractivity contribution is -0.116. The molecule has 0 aliphatic heterocycles. The van der Waals surface area contributed by atoms with Gasteiger partial charge in [0.15, 0.2) is 0 Å². The van der Waals surface area contributed by atoms with Crippen LogP contribution in [0.2, 0.25) is 0 Å². The summed E-state index contributed by atoms with van der Waals surface area (Å²) in [4.78, 5) is 27.4. The van der Waals surface area contributed by atoms with Gasteiger partial charge in [-0.3, -0.25) is 9.59 Å². The largest absolute Gasteiger partial charge is 0.496 e. The molecule has 0 saturated carbocycles. The van der Waals surface area contributed by atoms with Gasteiger partial charge in [0.05, 0.1) is 24.1 Å². The van der Waals surface area contributed by atoms with Crippen LogP contribution in [0.15, 0.2) is 60.7 Å². The van der Waals surface area contributed by atoms with Gasteiger partial charge in [-0.05, 0) is 31.2 Å². The molecule has 0 saturated heterocycles. The van der Waals surface area contributed by atoms with Gasteiger partial charge in [-0.15, -0.1) is 0 Å². The Bertz CT molecular complexity index is 1080. The molecule has 0 fully saturated rings. The zero-order valence-electron chi connectivity index (χ0n) is 19.3. The Morgan fingerprint density at radius 2 is 1.72 bits per heavy atom. The van der Waals surface area contributed by atoms with Crippen molar-refractivity contribution in [3.8, 4) is 11.4 Å². The number of hydrogen-bond acceptors (Lipinski definition) is 4. The normalized spacial score (nSPS) is 11.2. The zero-order valence-corrected chi connectivity index (χ0v) is 19.3. The van der Waals surface area contributed by atoms with Crippen molar-refractivity contribution >= 4 is 17.6 Å². The molecular weight excluding hydrogens is 404 g/mol. The molecule has 7 nitrogen and oxygen atoms in total. The fourth-order valence-corrected chi connectivity index (χ4v) is 3.28. The lowest BCUT2D eigenvalue weighted by Crippen LogP contribution is -2.38. The van der Waals surface area contributed by atoms with Gasteiger partial charge in [0.1, 0.15) is 18.1 Å². The molecule has 3 rings (SSSR count). The second-order valence-electron chi connectivity index (χ2n) is 8.48. The number of nitrogens with zero attached hydrogens (tertiary/aromatic N) is 3. The molecule has 0 atom stereocenters. The van der Waals surface area contributed by atoms with E-state index >= 15 is 0 Å². The van der Waals surface area contributed by atoms with Gasteiger partial charge in [0.25, 0.3) is 5.91 Å². The Kier molecular flexibility index (Phi) is 6.98. The second kappa shape index (κ2) is 9.68. The quantitative estimate of drug-likeness (QED) is 0.602.